The molecule has 2 nitrogen and oxygen atoms in total. The summed E-state index contributed by atoms with van der Waals surface area (Å²) >= 11 is 0. The van der Waals surface area contributed by atoms with Crippen molar-refractivity contribution in [3.63, 3.8) is 0 Å². The van der Waals surface area contributed by atoms with Gasteiger partial charge >= 0.3 is 0 Å². The number of ether oxygens (including phenoxy) is 1. The van der Waals surface area contributed by atoms with E-state index in [0.717, 1.165) is 19.3 Å². The molecule has 0 aromatic carbocycles. The molecule has 0 aromatic heterocycles. The Morgan fingerprint density at radius 2 is 2.20 bits per heavy atom. The maximum Gasteiger partial charge on any atom is 0.0592 e. The first-order valence-corrected chi connectivity index (χ1v) is 3.75. The molecule has 60 valence electrons. The molecule has 10 heavy (non-hydrogen) atoms. The van der Waals surface area contributed by atoms with Gasteiger partial charge in [0.1, 0.15) is 0 Å². The third kappa shape index (κ3) is 6.05. The first-order valence-electron chi connectivity index (χ1n) is 3.75. The Labute approximate surface area is 63.7 Å². The summed E-state index contributed by atoms with van der Waals surface area (Å²) in [5, 5.41) is 0. The highest BCUT2D eigenvalue weighted by Crippen LogP contribution is 2.02. The lowest BCUT2D eigenvalue weighted by atomic mass is 10.2. The second kappa shape index (κ2) is 7.03. The number of hydrogen-bond acceptors (Lipinski definition) is 2. The van der Waals surface area contributed by atoms with Gasteiger partial charge in [0.15, 0.2) is 0 Å². The van der Waals surface area contributed by atoms with Crippen molar-refractivity contribution in [2.75, 3.05) is 13.2 Å². The van der Waals surface area contributed by atoms with E-state index in [1.165, 1.54) is 0 Å². The fourth-order valence-corrected chi connectivity index (χ4v) is 0.690. The van der Waals surface area contributed by atoms with E-state index in [2.05, 4.69) is 13.8 Å². The number of rotatable bonds is 6. The predicted octanol–water partition coefficient (Wildman–Crippen LogP) is 1.17. The quantitative estimate of drug-likeness (QED) is 0.605. The summed E-state index contributed by atoms with van der Waals surface area (Å²) in [6, 6.07) is 0. The fourth-order valence-electron chi connectivity index (χ4n) is 0.690. The molecule has 0 amide bonds. The Morgan fingerprint density at radius 3 is 2.70 bits per heavy atom. The molecule has 1 unspecified atom stereocenters. The van der Waals surface area contributed by atoms with Gasteiger partial charge in [-0.3, -0.25) is 0 Å². The van der Waals surface area contributed by atoms with Crippen molar-refractivity contribution >= 4 is 0 Å². The Morgan fingerprint density at radius 1 is 1.50 bits per heavy atom. The second-order valence-electron chi connectivity index (χ2n) is 2.28. The normalized spacial score (nSPS) is 13.5. The summed E-state index contributed by atoms with van der Waals surface area (Å²) in [7, 11) is 0. The van der Waals surface area contributed by atoms with Gasteiger partial charge in [-0.25, -0.2) is 0 Å². The van der Waals surface area contributed by atoms with Crippen LogP contribution in [0.4, 0.5) is 0 Å². The lowest BCUT2D eigenvalue weighted by Crippen LogP contribution is -2.15. The van der Waals surface area contributed by atoms with Crippen LogP contribution >= 0.6 is 0 Å². The molecule has 0 saturated carbocycles. The molecule has 0 saturated heterocycles. The summed E-state index contributed by atoms with van der Waals surface area (Å²) in [4.78, 5) is 0. The van der Waals surface area contributed by atoms with Crippen molar-refractivity contribution in [1.82, 2.24) is 0 Å². The van der Waals surface area contributed by atoms with Gasteiger partial charge in [-0.05, 0) is 13.3 Å². The third-order valence-corrected chi connectivity index (χ3v) is 1.25. The zero-order valence-corrected chi connectivity index (χ0v) is 6.51. The standard InChI is InChI=1S/C8H17NO/c1-3-4-5-8(2)10-7-6-9/h8H,1-7,9H2. The molecule has 0 aliphatic carbocycles. The number of hydrogen-bond donors (Lipinski definition) is 1. The van der Waals surface area contributed by atoms with Crippen LogP contribution in [-0.2, 0) is 4.74 Å². The molecule has 2 radical (unpaired) electrons. The van der Waals surface area contributed by atoms with E-state index >= 15 is 0 Å². The van der Waals surface area contributed by atoms with Crippen LogP contribution in [-0.4, -0.2) is 19.3 Å². The van der Waals surface area contributed by atoms with Crippen molar-refractivity contribution < 1.29 is 4.74 Å². The third-order valence-electron chi connectivity index (χ3n) is 1.25. The summed E-state index contributed by atoms with van der Waals surface area (Å²) in [5.41, 5.74) is 5.24. The Hall–Kier alpha value is -0.0800. The van der Waals surface area contributed by atoms with Crippen molar-refractivity contribution in [2.24, 2.45) is 5.73 Å². The van der Waals surface area contributed by atoms with Gasteiger partial charge in [0.25, 0.3) is 0 Å². The smallest absolute Gasteiger partial charge is 0.0592 e. The van der Waals surface area contributed by atoms with Crippen LogP contribution in [0, 0.1) is 13.8 Å². The van der Waals surface area contributed by atoms with Crippen LogP contribution in [0.15, 0.2) is 0 Å². The molecule has 0 heterocycles. The van der Waals surface area contributed by atoms with Gasteiger partial charge in [-0.2, -0.15) is 0 Å². The zero-order valence-electron chi connectivity index (χ0n) is 6.51. The molecule has 2 N–H and O–H groups in total. The molecule has 0 spiro atoms. The average molecular weight is 143 g/mol. The molecular weight excluding hydrogens is 126 g/mol. The average Bonchev–Trinajstić information content (AvgIpc) is 1.97. The molecular formula is C8H17NO. The van der Waals surface area contributed by atoms with Crippen LogP contribution < -0.4 is 5.73 Å². The first kappa shape index (κ1) is 9.92. The van der Waals surface area contributed by atoms with Gasteiger partial charge in [0.05, 0.1) is 12.7 Å². The van der Waals surface area contributed by atoms with E-state index in [1.54, 1.807) is 0 Å². The van der Waals surface area contributed by atoms with E-state index in [9.17, 15) is 0 Å². The summed E-state index contributed by atoms with van der Waals surface area (Å²) in [6.07, 6.45) is 3.13. The van der Waals surface area contributed by atoms with Crippen LogP contribution in [0.2, 0.25) is 0 Å². The van der Waals surface area contributed by atoms with E-state index in [-0.39, 0.29) is 6.10 Å². The molecule has 0 bridgehead atoms. The van der Waals surface area contributed by atoms with Gasteiger partial charge in [0.2, 0.25) is 0 Å². The highest BCUT2D eigenvalue weighted by Gasteiger charge is 1.98. The Kier molecular flexibility index (Phi) is 6.98. The van der Waals surface area contributed by atoms with Gasteiger partial charge < -0.3 is 10.5 Å². The SMILES string of the molecule is [CH2]CCCC([CH2])OCCN. The van der Waals surface area contributed by atoms with E-state index in [0.29, 0.717) is 13.2 Å². The van der Waals surface area contributed by atoms with E-state index < -0.39 is 0 Å². The van der Waals surface area contributed by atoms with Crippen molar-refractivity contribution in [1.29, 1.82) is 0 Å². The largest absolute Gasteiger partial charge is 0.377 e. The summed E-state index contributed by atoms with van der Waals surface area (Å²) < 4.78 is 5.23. The maximum absolute atomic E-state index is 5.24. The van der Waals surface area contributed by atoms with Crippen molar-refractivity contribution in [2.45, 2.75) is 25.4 Å². The minimum Gasteiger partial charge on any atom is -0.377 e. The van der Waals surface area contributed by atoms with Gasteiger partial charge in [0, 0.05) is 6.54 Å². The Bertz CT molecular complexity index is 58.3. The summed E-state index contributed by atoms with van der Waals surface area (Å²) in [5.74, 6) is 0. The highest BCUT2D eigenvalue weighted by molar-refractivity contribution is 4.60. The minimum absolute atomic E-state index is 0.102. The lowest BCUT2D eigenvalue weighted by molar-refractivity contribution is 0.0824. The second-order valence-corrected chi connectivity index (χ2v) is 2.28. The zero-order chi connectivity index (χ0) is 7.82. The molecule has 0 aliphatic heterocycles. The maximum atomic E-state index is 5.24. The molecule has 0 aromatic rings. The molecule has 0 fully saturated rings. The molecule has 0 rings (SSSR count). The highest BCUT2D eigenvalue weighted by atomic mass is 16.5. The number of unbranched alkanes of at least 4 members (excludes halogenated alkanes) is 1. The summed E-state index contributed by atoms with van der Waals surface area (Å²) in [6.45, 7) is 8.73. The van der Waals surface area contributed by atoms with Crippen LogP contribution in [0.25, 0.3) is 0 Å². The first-order chi connectivity index (χ1) is 4.81. The van der Waals surface area contributed by atoms with Gasteiger partial charge in [-0.15, -0.1) is 0 Å². The Balaban J connectivity index is 3.00. The van der Waals surface area contributed by atoms with Crippen LogP contribution in [0.1, 0.15) is 19.3 Å². The number of nitrogens with two attached hydrogens (primary N) is 1. The topological polar surface area (TPSA) is 35.2 Å². The lowest BCUT2D eigenvalue weighted by Gasteiger charge is -2.10. The van der Waals surface area contributed by atoms with Crippen LogP contribution in [0.5, 0.6) is 0 Å². The molecule has 0 aliphatic rings. The van der Waals surface area contributed by atoms with Crippen molar-refractivity contribution in [3.8, 4) is 0 Å². The molecule has 2 heteroatoms. The van der Waals surface area contributed by atoms with E-state index in [4.69, 9.17) is 10.5 Å². The van der Waals surface area contributed by atoms with E-state index in [1.807, 2.05) is 0 Å². The van der Waals surface area contributed by atoms with Crippen LogP contribution in [0.3, 0.4) is 0 Å². The predicted molar refractivity (Wildman–Crippen MR) is 43.4 cm³/mol. The monoisotopic (exact) mass is 143 g/mol. The minimum atomic E-state index is 0.102. The van der Waals surface area contributed by atoms with Crippen molar-refractivity contribution in [3.05, 3.63) is 13.8 Å². The fraction of sp³-hybridized carbons (Fsp3) is 0.750. The molecule has 1 atom stereocenters. The van der Waals surface area contributed by atoms with Gasteiger partial charge in [-0.1, -0.05) is 19.8 Å².